The van der Waals surface area contributed by atoms with E-state index < -0.39 is 34.5 Å². The van der Waals surface area contributed by atoms with E-state index in [4.69, 9.17) is 4.74 Å². The molecule has 0 atom stereocenters. The van der Waals surface area contributed by atoms with Gasteiger partial charge in [0.1, 0.15) is 12.1 Å². The molecule has 0 heterocycles. The van der Waals surface area contributed by atoms with Crippen molar-refractivity contribution in [1.82, 2.24) is 10.6 Å². The number of aliphatic carboxylic acids is 1. The minimum Gasteiger partial charge on any atom is -0.480 e. The lowest BCUT2D eigenvalue weighted by Gasteiger charge is -2.45. The molecule has 2 aliphatic rings. The van der Waals surface area contributed by atoms with E-state index in [1.54, 1.807) is 27.7 Å². The van der Waals surface area contributed by atoms with Crippen LogP contribution in [0.1, 0.15) is 64.0 Å². The van der Waals surface area contributed by atoms with Crippen LogP contribution in [-0.4, -0.2) is 40.8 Å². The molecule has 0 spiro atoms. The number of fused-ring (bicyclic) bond motifs is 3. The second-order valence-corrected chi connectivity index (χ2v) is 10.4. The van der Waals surface area contributed by atoms with Gasteiger partial charge in [-0.15, -0.1) is 0 Å². The summed E-state index contributed by atoms with van der Waals surface area (Å²) in [4.78, 5) is 37.6. The average molecular weight is 465 g/mol. The normalized spacial score (nSPS) is 16.6. The predicted molar refractivity (Wildman–Crippen MR) is 128 cm³/mol. The first-order valence-electron chi connectivity index (χ1n) is 11.7. The number of benzene rings is 2. The summed E-state index contributed by atoms with van der Waals surface area (Å²) < 4.78 is 5.65. The minimum absolute atomic E-state index is 0.0633. The zero-order valence-electron chi connectivity index (χ0n) is 20.1. The molecule has 2 aromatic rings. The Morgan fingerprint density at radius 1 is 0.971 bits per heavy atom. The van der Waals surface area contributed by atoms with Crippen LogP contribution in [0.2, 0.25) is 0 Å². The molecule has 0 aliphatic heterocycles. The molecule has 34 heavy (non-hydrogen) atoms. The Hall–Kier alpha value is -3.35. The molecule has 3 N–H and O–H groups in total. The highest BCUT2D eigenvalue weighted by molar-refractivity contribution is 5.91. The molecule has 0 aromatic heterocycles. The Labute approximate surface area is 199 Å². The third kappa shape index (κ3) is 3.93. The third-order valence-electron chi connectivity index (χ3n) is 7.86. The molecule has 2 aliphatic carbocycles. The quantitative estimate of drug-likeness (QED) is 0.561. The van der Waals surface area contributed by atoms with Crippen LogP contribution in [0.4, 0.5) is 4.79 Å². The van der Waals surface area contributed by atoms with Crippen molar-refractivity contribution >= 4 is 18.0 Å². The van der Waals surface area contributed by atoms with E-state index in [2.05, 4.69) is 34.9 Å². The molecule has 0 unspecified atom stereocenters. The number of carboxylic acids is 1. The number of carbonyl (C=O) groups excluding carboxylic acids is 2. The first kappa shape index (κ1) is 23.8. The van der Waals surface area contributed by atoms with Crippen molar-refractivity contribution in [1.29, 1.82) is 0 Å². The Morgan fingerprint density at radius 2 is 1.50 bits per heavy atom. The highest BCUT2D eigenvalue weighted by Gasteiger charge is 2.51. The molecule has 2 aromatic carbocycles. The van der Waals surface area contributed by atoms with E-state index in [-0.39, 0.29) is 12.5 Å². The van der Waals surface area contributed by atoms with E-state index in [9.17, 15) is 19.5 Å². The fraction of sp³-hybridized carbons (Fsp3) is 0.444. The standard InChI is InChI=1S/C27H32N2O5/c1-25(2,22(30)28-27(23(31)32)14-9-15-27)26(3,4)29-24(33)34-16-21-19-12-7-5-10-17(19)18-11-6-8-13-20(18)21/h5-8,10-13,21H,9,14-16H2,1-4H3,(H,28,30)(H,29,33)(H,31,32). The Balaban J connectivity index is 1.42. The van der Waals surface area contributed by atoms with Gasteiger partial charge in [-0.05, 0) is 69.2 Å². The topological polar surface area (TPSA) is 105 Å². The highest BCUT2D eigenvalue weighted by Crippen LogP contribution is 2.44. The van der Waals surface area contributed by atoms with E-state index in [1.165, 1.54) is 0 Å². The zero-order valence-corrected chi connectivity index (χ0v) is 20.1. The molecule has 1 saturated carbocycles. The van der Waals surface area contributed by atoms with Gasteiger partial charge in [0.2, 0.25) is 5.91 Å². The van der Waals surface area contributed by atoms with Crippen molar-refractivity contribution in [2.75, 3.05) is 6.61 Å². The lowest BCUT2D eigenvalue weighted by Crippen LogP contribution is -2.66. The maximum Gasteiger partial charge on any atom is 0.407 e. The van der Waals surface area contributed by atoms with Gasteiger partial charge in [-0.25, -0.2) is 9.59 Å². The Kier molecular flexibility index (Phi) is 5.92. The molecule has 0 bridgehead atoms. The molecule has 0 saturated heterocycles. The van der Waals surface area contributed by atoms with Crippen LogP contribution in [0.5, 0.6) is 0 Å². The Bertz CT molecular complexity index is 1090. The number of carboxylic acid groups (broad SMARTS) is 1. The van der Waals surface area contributed by atoms with Crippen LogP contribution in [0.15, 0.2) is 48.5 Å². The van der Waals surface area contributed by atoms with E-state index in [0.717, 1.165) is 28.7 Å². The molecule has 7 heteroatoms. The van der Waals surface area contributed by atoms with Crippen LogP contribution in [0.3, 0.4) is 0 Å². The van der Waals surface area contributed by atoms with Crippen molar-refractivity contribution in [3.05, 3.63) is 59.7 Å². The first-order valence-corrected chi connectivity index (χ1v) is 11.7. The maximum atomic E-state index is 13.1. The molecule has 2 amide bonds. The summed E-state index contributed by atoms with van der Waals surface area (Å²) in [5.41, 5.74) is 1.24. The fourth-order valence-corrected chi connectivity index (χ4v) is 4.63. The molecular weight excluding hydrogens is 432 g/mol. The number of alkyl carbamates (subject to hydrolysis) is 1. The van der Waals surface area contributed by atoms with Crippen LogP contribution >= 0.6 is 0 Å². The van der Waals surface area contributed by atoms with Gasteiger partial charge in [0.25, 0.3) is 0 Å². The smallest absolute Gasteiger partial charge is 0.407 e. The van der Waals surface area contributed by atoms with Crippen molar-refractivity contribution < 1.29 is 24.2 Å². The maximum absolute atomic E-state index is 13.1. The van der Waals surface area contributed by atoms with Crippen molar-refractivity contribution in [3.63, 3.8) is 0 Å². The summed E-state index contributed by atoms with van der Waals surface area (Å²) in [6.07, 6.45) is 0.952. The number of ether oxygens (including phenoxy) is 1. The van der Waals surface area contributed by atoms with Crippen LogP contribution in [-0.2, 0) is 14.3 Å². The third-order valence-corrected chi connectivity index (χ3v) is 7.86. The molecule has 7 nitrogen and oxygen atoms in total. The summed E-state index contributed by atoms with van der Waals surface area (Å²) in [6, 6.07) is 16.2. The number of nitrogens with one attached hydrogen (secondary N) is 2. The van der Waals surface area contributed by atoms with Gasteiger partial charge in [0, 0.05) is 5.92 Å². The fourth-order valence-electron chi connectivity index (χ4n) is 4.63. The number of rotatable bonds is 7. The second-order valence-electron chi connectivity index (χ2n) is 10.4. The zero-order chi connectivity index (χ0) is 24.7. The summed E-state index contributed by atoms with van der Waals surface area (Å²) in [7, 11) is 0. The predicted octanol–water partition coefficient (Wildman–Crippen LogP) is 4.45. The highest BCUT2D eigenvalue weighted by atomic mass is 16.5. The van der Waals surface area contributed by atoms with Crippen molar-refractivity contribution in [2.45, 2.75) is 64.0 Å². The molecule has 4 rings (SSSR count). The van der Waals surface area contributed by atoms with Crippen molar-refractivity contribution in [2.24, 2.45) is 5.41 Å². The molecule has 0 radical (unpaired) electrons. The number of hydrogen-bond acceptors (Lipinski definition) is 4. The van der Waals surface area contributed by atoms with Gasteiger partial charge < -0.3 is 20.5 Å². The van der Waals surface area contributed by atoms with Crippen LogP contribution < -0.4 is 10.6 Å². The Morgan fingerprint density at radius 3 is 1.97 bits per heavy atom. The number of amides is 2. The monoisotopic (exact) mass is 464 g/mol. The van der Waals surface area contributed by atoms with Gasteiger partial charge in [0.05, 0.1) is 11.0 Å². The lowest BCUT2D eigenvalue weighted by atomic mass is 9.71. The first-order chi connectivity index (χ1) is 16.0. The van der Waals surface area contributed by atoms with Crippen molar-refractivity contribution in [3.8, 4) is 11.1 Å². The summed E-state index contributed by atoms with van der Waals surface area (Å²) >= 11 is 0. The van der Waals surface area contributed by atoms with E-state index in [0.29, 0.717) is 12.8 Å². The minimum atomic E-state index is -1.21. The van der Waals surface area contributed by atoms with E-state index >= 15 is 0 Å². The molecule has 180 valence electrons. The van der Waals surface area contributed by atoms with Crippen LogP contribution in [0.25, 0.3) is 11.1 Å². The van der Waals surface area contributed by atoms with Gasteiger partial charge in [-0.3, -0.25) is 4.79 Å². The molecular formula is C27H32N2O5. The second kappa shape index (κ2) is 8.46. The van der Waals surface area contributed by atoms with E-state index in [1.807, 2.05) is 24.3 Å². The largest absolute Gasteiger partial charge is 0.480 e. The van der Waals surface area contributed by atoms with Gasteiger partial charge in [0.15, 0.2) is 0 Å². The SMILES string of the molecule is CC(C)(NC(=O)OCC1c2ccccc2-c2ccccc21)C(C)(C)C(=O)NC1(C(=O)O)CCC1. The number of carbonyl (C=O) groups is 3. The lowest BCUT2D eigenvalue weighted by molar-refractivity contribution is -0.154. The summed E-state index contributed by atoms with van der Waals surface area (Å²) in [6.45, 7) is 7.04. The summed E-state index contributed by atoms with van der Waals surface area (Å²) in [5.74, 6) is -1.50. The summed E-state index contributed by atoms with van der Waals surface area (Å²) in [5, 5.41) is 15.1. The van der Waals surface area contributed by atoms with Gasteiger partial charge in [-0.2, -0.15) is 0 Å². The van der Waals surface area contributed by atoms with Gasteiger partial charge in [-0.1, -0.05) is 48.5 Å². The number of hydrogen-bond donors (Lipinski definition) is 3. The van der Waals surface area contributed by atoms with Gasteiger partial charge >= 0.3 is 12.1 Å². The van der Waals surface area contributed by atoms with Crippen LogP contribution in [0, 0.1) is 5.41 Å². The molecule has 1 fully saturated rings. The average Bonchev–Trinajstić information content (AvgIpc) is 3.07.